The van der Waals surface area contributed by atoms with E-state index in [1.807, 2.05) is 43.3 Å². The van der Waals surface area contributed by atoms with Crippen molar-refractivity contribution in [3.05, 3.63) is 90.0 Å². The van der Waals surface area contributed by atoms with Crippen molar-refractivity contribution in [2.24, 2.45) is 11.7 Å². The number of carbonyl (C=O) groups excluding carboxylic acids is 3. The summed E-state index contributed by atoms with van der Waals surface area (Å²) in [6, 6.07) is 13.9. The molecule has 3 rings (SSSR count). The summed E-state index contributed by atoms with van der Waals surface area (Å²) >= 11 is 0. The van der Waals surface area contributed by atoms with E-state index in [1.165, 1.54) is 6.33 Å². The van der Waals surface area contributed by atoms with Crippen LogP contribution in [0.1, 0.15) is 37.1 Å². The van der Waals surface area contributed by atoms with Crippen LogP contribution in [0.3, 0.4) is 0 Å². The van der Waals surface area contributed by atoms with E-state index in [0.29, 0.717) is 12.1 Å². The number of amides is 3. The van der Waals surface area contributed by atoms with E-state index in [0.717, 1.165) is 11.1 Å². The first-order valence-electron chi connectivity index (χ1n) is 13.6. The molecule has 218 valence electrons. The van der Waals surface area contributed by atoms with Crippen molar-refractivity contribution >= 4 is 23.7 Å². The van der Waals surface area contributed by atoms with Crippen molar-refractivity contribution in [1.29, 1.82) is 0 Å². The summed E-state index contributed by atoms with van der Waals surface area (Å²) in [5, 5.41) is 17.9. The highest BCUT2D eigenvalue weighted by Gasteiger charge is 2.33. The minimum atomic E-state index is -1.19. The van der Waals surface area contributed by atoms with Crippen molar-refractivity contribution < 1.29 is 24.3 Å². The van der Waals surface area contributed by atoms with Crippen LogP contribution in [-0.2, 0) is 38.4 Å². The Morgan fingerprint density at radius 3 is 1.90 bits per heavy atom. The molecule has 11 heteroatoms. The van der Waals surface area contributed by atoms with Gasteiger partial charge in [-0.25, -0.2) is 9.78 Å². The van der Waals surface area contributed by atoms with Crippen LogP contribution in [0.15, 0.2) is 73.2 Å². The van der Waals surface area contributed by atoms with Crippen molar-refractivity contribution in [1.82, 2.24) is 25.9 Å². The lowest BCUT2D eigenvalue weighted by atomic mass is 9.96. The molecule has 0 aliphatic heterocycles. The number of imidazole rings is 1. The molecule has 2 aromatic carbocycles. The number of nitrogens with one attached hydrogen (secondary N) is 4. The maximum atomic E-state index is 13.6. The van der Waals surface area contributed by atoms with Crippen molar-refractivity contribution in [3.8, 4) is 0 Å². The molecule has 3 aromatic rings. The quantitative estimate of drug-likeness (QED) is 0.162. The van der Waals surface area contributed by atoms with Crippen molar-refractivity contribution in [2.45, 2.75) is 63.7 Å². The summed E-state index contributed by atoms with van der Waals surface area (Å²) in [6.07, 6.45) is 4.04. The molecule has 0 aliphatic carbocycles. The van der Waals surface area contributed by atoms with Gasteiger partial charge in [0.2, 0.25) is 17.7 Å². The number of aromatic amines is 1. The number of hydrogen-bond donors (Lipinski definition) is 6. The van der Waals surface area contributed by atoms with Gasteiger partial charge in [-0.3, -0.25) is 14.4 Å². The fraction of sp³-hybridized carbons (Fsp3) is 0.367. The molecule has 1 heterocycles. The smallest absolute Gasteiger partial charge is 0.326 e. The first-order valence-corrected chi connectivity index (χ1v) is 13.6. The highest BCUT2D eigenvalue weighted by Crippen LogP contribution is 2.12. The Balaban J connectivity index is 1.76. The van der Waals surface area contributed by atoms with Crippen molar-refractivity contribution in [3.63, 3.8) is 0 Å². The molecule has 5 atom stereocenters. The summed E-state index contributed by atoms with van der Waals surface area (Å²) in [7, 11) is 0. The van der Waals surface area contributed by atoms with Gasteiger partial charge in [0.05, 0.1) is 12.4 Å². The minimum absolute atomic E-state index is 0.0873. The number of aliphatic carboxylic acids is 1. The Kier molecular flexibility index (Phi) is 11.6. The number of nitrogens with two attached hydrogens (primary N) is 1. The molecule has 41 heavy (non-hydrogen) atoms. The third-order valence-corrected chi connectivity index (χ3v) is 6.94. The number of carboxylic acid groups (broad SMARTS) is 1. The maximum absolute atomic E-state index is 13.6. The molecular weight excluding hydrogens is 524 g/mol. The van der Waals surface area contributed by atoms with E-state index in [9.17, 15) is 24.3 Å². The van der Waals surface area contributed by atoms with Gasteiger partial charge in [-0.05, 0) is 17.0 Å². The standard InChI is InChI=1S/C30H38N6O5/c1-3-19(2)26(29(39)35-25(30(40)41)15-21-12-8-5-9-13-21)36-28(38)24(14-20-10-6-4-7-11-20)34-27(37)23(31)16-22-17-32-18-33-22/h4-13,17-19,23-26H,3,14-16,31H2,1-2H3,(H,32,33)(H,34,37)(H,35,39)(H,36,38)(H,40,41). The highest BCUT2D eigenvalue weighted by molar-refractivity contribution is 5.94. The van der Waals surface area contributed by atoms with Gasteiger partial charge in [0, 0.05) is 31.2 Å². The zero-order chi connectivity index (χ0) is 29.8. The van der Waals surface area contributed by atoms with Crippen LogP contribution in [0.5, 0.6) is 0 Å². The Morgan fingerprint density at radius 1 is 0.829 bits per heavy atom. The number of carbonyl (C=O) groups is 4. The molecule has 7 N–H and O–H groups in total. The molecule has 11 nitrogen and oxygen atoms in total. The predicted molar refractivity (Wildman–Crippen MR) is 153 cm³/mol. The molecule has 0 saturated heterocycles. The molecule has 3 amide bonds. The number of nitrogens with zero attached hydrogens (tertiary/aromatic N) is 1. The predicted octanol–water partition coefficient (Wildman–Crippen LogP) is 1.35. The van der Waals surface area contributed by atoms with Gasteiger partial charge in [0.1, 0.15) is 18.1 Å². The molecule has 0 spiro atoms. The summed E-state index contributed by atoms with van der Waals surface area (Å²) in [6.45, 7) is 3.66. The normalized spacial score (nSPS) is 14.6. The van der Waals surface area contributed by atoms with Gasteiger partial charge < -0.3 is 31.8 Å². The van der Waals surface area contributed by atoms with E-state index in [1.54, 1.807) is 37.4 Å². The third kappa shape index (κ3) is 9.57. The monoisotopic (exact) mass is 562 g/mol. The van der Waals surface area contributed by atoms with Crippen LogP contribution in [0.25, 0.3) is 0 Å². The first-order chi connectivity index (χ1) is 19.7. The van der Waals surface area contributed by atoms with E-state index in [4.69, 9.17) is 5.73 Å². The second-order valence-electron chi connectivity index (χ2n) is 10.1. The molecular formula is C30H38N6O5. The van der Waals surface area contributed by atoms with E-state index in [-0.39, 0.29) is 25.2 Å². The number of H-pyrrole nitrogens is 1. The first kappa shape index (κ1) is 31.0. The summed E-state index contributed by atoms with van der Waals surface area (Å²) in [4.78, 5) is 58.7. The van der Waals surface area contributed by atoms with Crippen LogP contribution in [-0.4, -0.2) is 62.9 Å². The van der Waals surface area contributed by atoms with Gasteiger partial charge in [0.25, 0.3) is 0 Å². The summed E-state index contributed by atoms with van der Waals surface area (Å²) in [5.74, 6) is -3.23. The fourth-order valence-electron chi connectivity index (χ4n) is 4.33. The average Bonchev–Trinajstić information content (AvgIpc) is 3.48. The largest absolute Gasteiger partial charge is 0.480 e. The zero-order valence-electron chi connectivity index (χ0n) is 23.2. The number of rotatable bonds is 15. The molecule has 0 radical (unpaired) electrons. The molecule has 0 bridgehead atoms. The highest BCUT2D eigenvalue weighted by atomic mass is 16.4. The SMILES string of the molecule is CCC(C)C(NC(=O)C(Cc1ccccc1)NC(=O)C(N)Cc1cnc[nH]1)C(=O)NC(Cc1ccccc1)C(=O)O. The van der Waals surface area contributed by atoms with Crippen LogP contribution < -0.4 is 21.7 Å². The minimum Gasteiger partial charge on any atom is -0.480 e. The average molecular weight is 563 g/mol. The van der Waals surface area contributed by atoms with Gasteiger partial charge in [-0.15, -0.1) is 0 Å². The third-order valence-electron chi connectivity index (χ3n) is 6.94. The molecule has 0 fully saturated rings. The second-order valence-corrected chi connectivity index (χ2v) is 10.1. The van der Waals surface area contributed by atoms with E-state index < -0.39 is 47.9 Å². The van der Waals surface area contributed by atoms with E-state index in [2.05, 4.69) is 25.9 Å². The summed E-state index contributed by atoms with van der Waals surface area (Å²) < 4.78 is 0. The second kappa shape index (κ2) is 15.3. The Labute approximate surface area is 239 Å². The van der Waals surface area contributed by atoms with E-state index >= 15 is 0 Å². The maximum Gasteiger partial charge on any atom is 0.326 e. The van der Waals surface area contributed by atoms with Crippen LogP contribution in [0.2, 0.25) is 0 Å². The number of benzene rings is 2. The number of carboxylic acids is 1. The molecule has 0 aliphatic rings. The van der Waals surface area contributed by atoms with Gasteiger partial charge >= 0.3 is 5.97 Å². The Bertz CT molecular complexity index is 1270. The van der Waals surface area contributed by atoms with Gasteiger partial charge in [0.15, 0.2) is 0 Å². The lowest BCUT2D eigenvalue weighted by Gasteiger charge is -2.28. The van der Waals surface area contributed by atoms with Gasteiger partial charge in [-0.2, -0.15) is 0 Å². The van der Waals surface area contributed by atoms with Gasteiger partial charge in [-0.1, -0.05) is 80.9 Å². The Hall–Kier alpha value is -4.51. The fourth-order valence-corrected chi connectivity index (χ4v) is 4.33. The molecule has 5 unspecified atom stereocenters. The number of hydrogen-bond acceptors (Lipinski definition) is 6. The summed E-state index contributed by atoms with van der Waals surface area (Å²) in [5.41, 5.74) is 8.33. The lowest BCUT2D eigenvalue weighted by Crippen LogP contribution is -2.59. The van der Waals surface area contributed by atoms with Crippen LogP contribution in [0.4, 0.5) is 0 Å². The molecule has 1 aromatic heterocycles. The van der Waals surface area contributed by atoms with Crippen LogP contribution in [0, 0.1) is 5.92 Å². The Morgan fingerprint density at radius 2 is 1.39 bits per heavy atom. The topological polar surface area (TPSA) is 179 Å². The van der Waals surface area contributed by atoms with Crippen LogP contribution >= 0.6 is 0 Å². The number of aromatic nitrogens is 2. The lowest BCUT2D eigenvalue weighted by molar-refractivity contribution is -0.142. The van der Waals surface area contributed by atoms with Crippen molar-refractivity contribution in [2.75, 3.05) is 0 Å². The molecule has 0 saturated carbocycles. The zero-order valence-corrected chi connectivity index (χ0v) is 23.2.